The number of carboxylic acids is 1. The number of hydrogen-bond acceptors (Lipinski definition) is 27. The normalized spacial score (nSPS) is 12.6. The number of aliphatic hydroxyl groups excluding tert-OH is 1. The number of nitrogens with two attached hydrogens (primary N) is 4. The summed E-state index contributed by atoms with van der Waals surface area (Å²) in [6.45, 7) is 14.4. The second kappa shape index (κ2) is 55.3. The van der Waals surface area contributed by atoms with Crippen molar-refractivity contribution in [2.75, 3.05) is 53.4 Å². The second-order valence-corrected chi connectivity index (χ2v) is 18.2. The molecule has 0 bridgehead atoms. The Labute approximate surface area is 566 Å². The predicted molar refractivity (Wildman–Crippen MR) is 314 cm³/mol. The summed E-state index contributed by atoms with van der Waals surface area (Å²) in [5, 5.41) is 24.1. The Morgan fingerprint density at radius 2 is 0.918 bits per heavy atom. The number of ether oxygens (including phenoxy) is 5. The third kappa shape index (κ3) is 37.6. The van der Waals surface area contributed by atoms with E-state index in [1.54, 1.807) is 19.2 Å². The SMILES string of the molecule is COC(=O)C(CCCNC(=O)Cl)(NC(=O)CCl)C(F)F.COC(=O)C(CCCNC(=O)OCc1oc(=O)oc1C)(NC(=O)OCc1oc(=O)oc1C)C(F)F.COC(=O)C(N)(CCCN)C(F)F.Cc1oc(=O)oc1CO.ClCl.NCCCC(N)(C(=O)O)C(F)F.[2H]CC.[C-]#[O+].[C-]#[O+]. The Hall–Kier alpha value is -7.73. The molecule has 0 radical (unpaired) electrons. The molecule has 34 nitrogen and oxygen atoms in total. The summed E-state index contributed by atoms with van der Waals surface area (Å²) in [6.07, 6.45) is -16.4. The third-order valence-electron chi connectivity index (χ3n) is 11.3. The van der Waals surface area contributed by atoms with Crippen molar-refractivity contribution in [2.45, 2.75) is 154 Å². The van der Waals surface area contributed by atoms with Crippen LogP contribution in [0.3, 0.4) is 0 Å². The number of alkyl carbamates (subject to hydrolysis) is 2. The van der Waals surface area contributed by atoms with Gasteiger partial charge in [0, 0.05) is 36.2 Å². The minimum atomic E-state index is -3.42. The van der Waals surface area contributed by atoms with Crippen LogP contribution in [0.1, 0.15) is 101 Å². The molecule has 4 atom stereocenters. The fourth-order valence-corrected chi connectivity index (χ4v) is 6.51. The Morgan fingerprint density at radius 1 is 0.577 bits per heavy atom. The van der Waals surface area contributed by atoms with Crippen LogP contribution >= 0.6 is 44.9 Å². The van der Waals surface area contributed by atoms with Gasteiger partial charge in [-0.25, -0.2) is 78.3 Å². The van der Waals surface area contributed by atoms with E-state index in [1.807, 2.05) is 5.32 Å². The zero-order valence-electron chi connectivity index (χ0n) is 53.4. The van der Waals surface area contributed by atoms with Gasteiger partial charge in [0.15, 0.2) is 58.6 Å². The van der Waals surface area contributed by atoms with E-state index < -0.39 is 145 Å². The summed E-state index contributed by atoms with van der Waals surface area (Å²) in [5.41, 5.74) is 10.4. The fourth-order valence-electron chi connectivity index (χ4n) is 6.35. The molecular formula is C51H74Cl4F8N8O26. The number of methoxy groups -OCH3 is 3. The number of nitrogens with one attached hydrogen (secondary N) is 4. The van der Waals surface area contributed by atoms with E-state index in [2.05, 4.69) is 86.4 Å². The maximum atomic E-state index is 13.9. The standard InChI is InChI=1S/C19H22F2N2O12.C10H14Cl2F2N2O4.C7H14F2N2O2.C6H12F2N2O2.C5H6O4.C2H6.2CO.Cl2/c1-9-11(34-17(27)32-9)7-30-15(25)22-6-4-5-19(13(20)21,14(24)29-3)23-16(26)31-8-12-10(2)33-18(28)35-12;1-20-8(18)10(7(13)14,16-6(17)5-11)3-2-4-15-9(12)19;1-13-6(12)7(11,5(8)9)3-2-4-10;7-4(8)6(10,5(11)12)2-1-3-9;1-3-4(2-6)9-5(7)8-3;4*1-2/h13H,4-8H2,1-3H3,(H,22,25)(H,23,26);7H,2-5H2,1H3,(H,15,19)(H,16,17);5H,2-4,10-11H2,1H3;4H,1-3,9-10H2,(H,11,12);6H,2H2,1H3;1-2H3;;;/i;;;;;1D;;;. The molecule has 3 aromatic heterocycles. The molecule has 97 heavy (non-hydrogen) atoms. The first-order chi connectivity index (χ1) is 45.9. The first-order valence-electron chi connectivity index (χ1n) is 27.1. The van der Waals surface area contributed by atoms with Crippen LogP contribution in [0.25, 0.3) is 0 Å². The van der Waals surface area contributed by atoms with Gasteiger partial charge in [-0.3, -0.25) is 9.59 Å². The average molecular weight is 1510 g/mol. The number of rotatable bonds is 30. The van der Waals surface area contributed by atoms with Crippen LogP contribution < -0.4 is 61.7 Å². The maximum absolute atomic E-state index is 13.9. The van der Waals surface area contributed by atoms with Gasteiger partial charge in [-0.1, -0.05) is 13.8 Å². The van der Waals surface area contributed by atoms with Gasteiger partial charge >= 0.3 is 81.5 Å². The molecule has 4 amide bonds. The molecule has 0 saturated carbocycles. The minimum absolute atomic E-state index is 0.0129. The second-order valence-electron chi connectivity index (χ2n) is 17.5. The number of alkyl halides is 9. The molecule has 0 spiro atoms. The molecule has 0 saturated heterocycles. The van der Waals surface area contributed by atoms with Gasteiger partial charge in [0.25, 0.3) is 25.7 Å². The first-order valence-corrected chi connectivity index (χ1v) is 28.4. The molecule has 3 heterocycles. The molecular weight excluding hydrogens is 1430 g/mol. The Bertz CT molecular complexity index is 3010. The van der Waals surface area contributed by atoms with Gasteiger partial charge in [-0.15, -0.1) is 11.6 Å². The molecule has 46 heteroatoms. The van der Waals surface area contributed by atoms with E-state index in [1.165, 1.54) is 13.8 Å². The van der Waals surface area contributed by atoms with Gasteiger partial charge in [0.1, 0.15) is 18.2 Å². The number of aliphatic hydroxyl groups is 1. The van der Waals surface area contributed by atoms with Crippen molar-refractivity contribution in [3.63, 3.8) is 0 Å². The van der Waals surface area contributed by atoms with E-state index in [-0.39, 0.29) is 100 Å². The number of esters is 3. The van der Waals surface area contributed by atoms with E-state index in [0.29, 0.717) is 12.7 Å². The monoisotopic (exact) mass is 1510 g/mol. The van der Waals surface area contributed by atoms with Crippen molar-refractivity contribution in [1.82, 2.24) is 21.3 Å². The van der Waals surface area contributed by atoms with Crippen LogP contribution in [0.15, 0.2) is 40.9 Å². The molecule has 0 aliphatic carbocycles. The first kappa shape index (κ1) is 97.9. The summed E-state index contributed by atoms with van der Waals surface area (Å²) in [6, 6.07) is 0. The van der Waals surface area contributed by atoms with Crippen molar-refractivity contribution in [2.24, 2.45) is 22.9 Å². The van der Waals surface area contributed by atoms with Crippen LogP contribution in [0.4, 0.5) is 49.5 Å². The summed E-state index contributed by atoms with van der Waals surface area (Å²) < 4.78 is 174. The molecule has 4 unspecified atom stereocenters. The van der Waals surface area contributed by atoms with Crippen LogP contribution in [0, 0.1) is 34.1 Å². The predicted octanol–water partition coefficient (Wildman–Crippen LogP) is 4.75. The van der Waals surface area contributed by atoms with Crippen LogP contribution in [0.5, 0.6) is 0 Å². The molecule has 0 aromatic carbocycles. The summed E-state index contributed by atoms with van der Waals surface area (Å²) in [7, 11) is 11.0. The number of carbonyl (C=O) groups excluding carboxylic acids is 7. The van der Waals surface area contributed by atoms with E-state index in [4.69, 9.17) is 76.5 Å². The van der Waals surface area contributed by atoms with E-state index >= 15 is 0 Å². The molecule has 3 aromatic rings. The van der Waals surface area contributed by atoms with Crippen LogP contribution in [-0.2, 0) is 76.8 Å². The zero-order valence-corrected chi connectivity index (χ0v) is 55.4. The number of hydrogen-bond donors (Lipinski definition) is 10. The quantitative estimate of drug-likeness (QED) is 0.00495. The van der Waals surface area contributed by atoms with E-state index in [0.717, 1.165) is 21.3 Å². The van der Waals surface area contributed by atoms with Gasteiger partial charge in [-0.2, -0.15) is 0 Å². The Morgan fingerprint density at radius 3 is 1.20 bits per heavy atom. The number of aryl methyl sites for hydroxylation is 3. The summed E-state index contributed by atoms with van der Waals surface area (Å²) >= 11 is 10.2. The Kier molecular flexibility index (Phi) is 55.8. The van der Waals surface area contributed by atoms with E-state index in [9.17, 15) is 87.9 Å². The topological polar surface area (TPSA) is 545 Å². The van der Waals surface area contributed by atoms with Crippen molar-refractivity contribution < 1.29 is 145 Å². The summed E-state index contributed by atoms with van der Waals surface area (Å²) in [5.74, 6) is -9.34. The third-order valence-corrected chi connectivity index (χ3v) is 11.7. The molecule has 3 rings (SSSR count). The number of carboxylic acid groups (broad SMARTS) is 1. The average Bonchev–Trinajstić information content (AvgIpc) is 1.24. The number of aliphatic carboxylic acids is 1. The van der Waals surface area contributed by atoms with Crippen molar-refractivity contribution in [3.8, 4) is 0 Å². The number of carbonyl (C=O) groups is 8. The van der Waals surface area contributed by atoms with Gasteiger partial charge in [-0.05, 0) is 96.8 Å². The number of halogens is 12. The van der Waals surface area contributed by atoms with Crippen LogP contribution in [-0.4, -0.2) is 159 Å². The molecule has 558 valence electrons. The molecule has 14 N–H and O–H groups in total. The van der Waals surface area contributed by atoms with Gasteiger partial charge in [0.2, 0.25) is 11.4 Å². The summed E-state index contributed by atoms with van der Waals surface area (Å²) in [4.78, 5) is 123. The van der Waals surface area contributed by atoms with Crippen molar-refractivity contribution >= 4 is 92.2 Å². The van der Waals surface area contributed by atoms with Gasteiger partial charge < -0.3 is 105 Å². The van der Waals surface area contributed by atoms with Crippen LogP contribution in [0.2, 0.25) is 0 Å². The van der Waals surface area contributed by atoms with Crippen molar-refractivity contribution in [1.29, 1.82) is 0 Å². The Balaban J connectivity index is -0.000000285. The molecule has 0 aliphatic heterocycles. The molecule has 0 aliphatic rings. The number of amides is 4. The fraction of sp³-hybridized carbons (Fsp3) is 0.627. The van der Waals surface area contributed by atoms with Gasteiger partial charge in [0.05, 0.1) is 21.3 Å². The molecule has 0 fully saturated rings. The van der Waals surface area contributed by atoms with Crippen molar-refractivity contribution in [3.05, 3.63) is 79.7 Å². The zero-order chi connectivity index (χ0) is 77.8.